The van der Waals surface area contributed by atoms with Gasteiger partial charge >= 0.3 is 0 Å². The number of methoxy groups -OCH3 is 1. The van der Waals surface area contributed by atoms with Crippen molar-refractivity contribution >= 4 is 17.5 Å². The third kappa shape index (κ3) is 6.15. The van der Waals surface area contributed by atoms with Crippen LogP contribution in [0.2, 0.25) is 5.02 Å². The quantitative estimate of drug-likeness (QED) is 0.456. The van der Waals surface area contributed by atoms with Gasteiger partial charge in [-0.3, -0.25) is 4.79 Å². The molecule has 0 heterocycles. The van der Waals surface area contributed by atoms with Crippen molar-refractivity contribution in [3.63, 3.8) is 0 Å². The zero-order valence-corrected chi connectivity index (χ0v) is 18.6. The molecule has 0 aliphatic heterocycles. The van der Waals surface area contributed by atoms with E-state index >= 15 is 0 Å². The number of carbonyl (C=O) groups is 1. The lowest BCUT2D eigenvalue weighted by Gasteiger charge is -2.16. The van der Waals surface area contributed by atoms with E-state index in [1.807, 2.05) is 62.4 Å². The van der Waals surface area contributed by atoms with Crippen LogP contribution in [0.25, 0.3) is 0 Å². The van der Waals surface area contributed by atoms with Gasteiger partial charge in [-0.1, -0.05) is 23.7 Å². The van der Waals surface area contributed by atoms with Crippen LogP contribution in [0, 0.1) is 0 Å². The number of benzene rings is 3. The van der Waals surface area contributed by atoms with Crippen LogP contribution in [0.4, 0.5) is 0 Å². The molecule has 1 atom stereocenters. The van der Waals surface area contributed by atoms with Gasteiger partial charge in [-0.25, -0.2) is 0 Å². The van der Waals surface area contributed by atoms with Crippen LogP contribution in [0.5, 0.6) is 17.2 Å². The molecule has 0 bridgehead atoms. The predicted octanol–water partition coefficient (Wildman–Crippen LogP) is 5.82. The molecule has 0 saturated carbocycles. The smallest absolute Gasteiger partial charge is 0.251 e. The lowest BCUT2D eigenvalue weighted by Crippen LogP contribution is -2.26. The number of rotatable bonds is 9. The van der Waals surface area contributed by atoms with E-state index in [2.05, 4.69) is 5.32 Å². The molecule has 0 radical (unpaired) electrons. The average Bonchev–Trinajstić information content (AvgIpc) is 2.79. The van der Waals surface area contributed by atoms with Crippen molar-refractivity contribution in [2.75, 3.05) is 13.7 Å². The zero-order valence-electron chi connectivity index (χ0n) is 17.9. The summed E-state index contributed by atoms with van der Waals surface area (Å²) in [6, 6.07) is 20.0. The number of nitrogens with one attached hydrogen (secondary N) is 1. The molecule has 5 nitrogen and oxygen atoms in total. The van der Waals surface area contributed by atoms with Crippen LogP contribution in [-0.2, 0) is 6.61 Å². The molecule has 3 aromatic rings. The van der Waals surface area contributed by atoms with Gasteiger partial charge in [-0.2, -0.15) is 0 Å². The second-order valence-corrected chi connectivity index (χ2v) is 7.40. The molecule has 162 valence electrons. The molecule has 0 spiro atoms. The number of amides is 1. The van der Waals surface area contributed by atoms with Gasteiger partial charge in [-0.05, 0) is 74.0 Å². The molecule has 0 fully saturated rings. The number of hydrogen-bond donors (Lipinski definition) is 1. The van der Waals surface area contributed by atoms with Crippen molar-refractivity contribution in [3.05, 3.63) is 88.4 Å². The first-order chi connectivity index (χ1) is 15.0. The monoisotopic (exact) mass is 439 g/mol. The van der Waals surface area contributed by atoms with Gasteiger partial charge in [0.05, 0.1) is 19.8 Å². The van der Waals surface area contributed by atoms with Crippen molar-refractivity contribution in [1.82, 2.24) is 5.32 Å². The van der Waals surface area contributed by atoms with Crippen LogP contribution in [0.1, 0.15) is 41.4 Å². The van der Waals surface area contributed by atoms with Crippen molar-refractivity contribution in [1.29, 1.82) is 0 Å². The Kier molecular flexibility index (Phi) is 7.79. The highest BCUT2D eigenvalue weighted by atomic mass is 35.5. The van der Waals surface area contributed by atoms with Gasteiger partial charge in [0, 0.05) is 16.1 Å². The maximum absolute atomic E-state index is 12.8. The summed E-state index contributed by atoms with van der Waals surface area (Å²) in [5.74, 6) is 1.99. The number of halogens is 1. The Morgan fingerprint density at radius 2 is 1.65 bits per heavy atom. The normalized spacial score (nSPS) is 11.5. The molecular weight excluding hydrogens is 414 g/mol. The Morgan fingerprint density at radius 1 is 0.968 bits per heavy atom. The van der Waals surface area contributed by atoms with E-state index in [1.54, 1.807) is 25.3 Å². The van der Waals surface area contributed by atoms with E-state index in [4.69, 9.17) is 25.8 Å². The second-order valence-electron chi connectivity index (χ2n) is 6.97. The SMILES string of the molecule is CCOc1ccc(C(=O)NC(C)c2ccc(Cl)cc2)cc1COc1ccc(OC)cc1. The van der Waals surface area contributed by atoms with Gasteiger partial charge in [0.25, 0.3) is 5.91 Å². The first kappa shape index (κ1) is 22.5. The summed E-state index contributed by atoms with van der Waals surface area (Å²) in [5, 5.41) is 3.68. The molecule has 6 heteroatoms. The molecule has 0 aliphatic carbocycles. The number of carbonyl (C=O) groups excluding carboxylic acids is 1. The van der Waals surface area contributed by atoms with E-state index in [0.29, 0.717) is 28.7 Å². The fourth-order valence-corrected chi connectivity index (χ4v) is 3.20. The summed E-state index contributed by atoms with van der Waals surface area (Å²) in [6.45, 7) is 4.65. The third-order valence-electron chi connectivity index (χ3n) is 4.79. The van der Waals surface area contributed by atoms with Crippen LogP contribution in [0.3, 0.4) is 0 Å². The summed E-state index contributed by atoms with van der Waals surface area (Å²) in [7, 11) is 1.62. The van der Waals surface area contributed by atoms with Crippen LogP contribution >= 0.6 is 11.6 Å². The van der Waals surface area contributed by atoms with E-state index in [1.165, 1.54) is 0 Å². The van der Waals surface area contributed by atoms with Gasteiger partial charge < -0.3 is 19.5 Å². The van der Waals surface area contributed by atoms with E-state index in [-0.39, 0.29) is 18.6 Å². The number of hydrogen-bond acceptors (Lipinski definition) is 4. The molecular formula is C25H26ClNO4. The minimum absolute atomic E-state index is 0.157. The van der Waals surface area contributed by atoms with E-state index in [0.717, 1.165) is 16.9 Å². The van der Waals surface area contributed by atoms with Crippen molar-refractivity contribution in [2.45, 2.75) is 26.5 Å². The Hall–Kier alpha value is -3.18. The third-order valence-corrected chi connectivity index (χ3v) is 5.05. The van der Waals surface area contributed by atoms with Gasteiger partial charge in [-0.15, -0.1) is 0 Å². The van der Waals surface area contributed by atoms with Gasteiger partial charge in [0.1, 0.15) is 23.9 Å². The predicted molar refractivity (Wildman–Crippen MR) is 122 cm³/mol. The fourth-order valence-electron chi connectivity index (χ4n) is 3.08. The highest BCUT2D eigenvalue weighted by Gasteiger charge is 2.14. The molecule has 1 unspecified atom stereocenters. The zero-order chi connectivity index (χ0) is 22.2. The lowest BCUT2D eigenvalue weighted by molar-refractivity contribution is 0.0939. The number of ether oxygens (including phenoxy) is 3. The van der Waals surface area contributed by atoms with Crippen LogP contribution in [0.15, 0.2) is 66.7 Å². The highest BCUT2D eigenvalue weighted by Crippen LogP contribution is 2.24. The fraction of sp³-hybridized carbons (Fsp3) is 0.240. The van der Waals surface area contributed by atoms with Gasteiger partial charge in [0.15, 0.2) is 0 Å². The first-order valence-electron chi connectivity index (χ1n) is 10.1. The largest absolute Gasteiger partial charge is 0.497 e. The minimum atomic E-state index is -0.170. The van der Waals surface area contributed by atoms with Gasteiger partial charge in [0.2, 0.25) is 0 Å². The summed E-state index contributed by atoms with van der Waals surface area (Å²) < 4.78 is 16.8. The Labute approximate surface area is 187 Å². The summed E-state index contributed by atoms with van der Waals surface area (Å²) in [4.78, 5) is 12.8. The highest BCUT2D eigenvalue weighted by molar-refractivity contribution is 6.30. The molecule has 0 aliphatic rings. The van der Waals surface area contributed by atoms with Crippen molar-refractivity contribution in [2.24, 2.45) is 0 Å². The molecule has 0 saturated heterocycles. The van der Waals surface area contributed by atoms with Crippen LogP contribution < -0.4 is 19.5 Å². The average molecular weight is 440 g/mol. The summed E-state index contributed by atoms with van der Waals surface area (Å²) in [5.41, 5.74) is 2.31. The van der Waals surface area contributed by atoms with E-state index in [9.17, 15) is 4.79 Å². The van der Waals surface area contributed by atoms with Crippen molar-refractivity contribution < 1.29 is 19.0 Å². The van der Waals surface area contributed by atoms with E-state index < -0.39 is 0 Å². The summed E-state index contributed by atoms with van der Waals surface area (Å²) in [6.07, 6.45) is 0. The topological polar surface area (TPSA) is 56.8 Å². The molecule has 3 aromatic carbocycles. The molecule has 0 aromatic heterocycles. The molecule has 3 rings (SSSR count). The molecule has 1 N–H and O–H groups in total. The maximum atomic E-state index is 12.8. The standard InChI is InChI=1S/C25H26ClNO4/c1-4-30-24-14-7-19(25(28)27-17(2)18-5-8-21(26)9-6-18)15-20(24)16-31-23-12-10-22(29-3)11-13-23/h5-15,17H,4,16H2,1-3H3,(H,27,28). The van der Waals surface area contributed by atoms with Crippen LogP contribution in [-0.4, -0.2) is 19.6 Å². The molecule has 31 heavy (non-hydrogen) atoms. The lowest BCUT2D eigenvalue weighted by atomic mass is 10.1. The Morgan fingerprint density at radius 3 is 2.29 bits per heavy atom. The first-order valence-corrected chi connectivity index (χ1v) is 10.5. The minimum Gasteiger partial charge on any atom is -0.497 e. The Bertz CT molecular complexity index is 1000. The maximum Gasteiger partial charge on any atom is 0.251 e. The van der Waals surface area contributed by atoms with Crippen molar-refractivity contribution in [3.8, 4) is 17.2 Å². The Balaban J connectivity index is 1.72. The summed E-state index contributed by atoms with van der Waals surface area (Å²) >= 11 is 5.95. The second kappa shape index (κ2) is 10.7. The molecule has 1 amide bonds.